The van der Waals surface area contributed by atoms with Gasteiger partial charge in [0.1, 0.15) is 0 Å². The van der Waals surface area contributed by atoms with Gasteiger partial charge in [0.05, 0.1) is 0 Å². The number of thiophene rings is 1. The van der Waals surface area contributed by atoms with Crippen LogP contribution in [0.25, 0.3) is 108 Å². The Hall–Kier alpha value is -6.54. The first-order chi connectivity index (χ1) is 26.3. The fourth-order valence-corrected chi connectivity index (χ4v) is 9.89. The van der Waals surface area contributed by atoms with E-state index in [1.807, 2.05) is 11.3 Å². The van der Waals surface area contributed by atoms with Crippen LogP contribution in [0.2, 0.25) is 0 Å². The highest BCUT2D eigenvalue weighted by molar-refractivity contribution is 7.26. The Morgan fingerprint density at radius 1 is 0.283 bits per heavy atom. The van der Waals surface area contributed by atoms with Crippen LogP contribution in [0.4, 0.5) is 0 Å². The van der Waals surface area contributed by atoms with Crippen LogP contribution < -0.4 is 0 Å². The van der Waals surface area contributed by atoms with E-state index in [1.54, 1.807) is 0 Å². The monoisotopic (exact) mass is 688 g/mol. The molecule has 0 bridgehead atoms. The zero-order chi connectivity index (χ0) is 34.9. The fraction of sp³-hybridized carbons (Fsp3) is 0. The lowest BCUT2D eigenvalue weighted by Crippen LogP contribution is -1.91. The summed E-state index contributed by atoms with van der Waals surface area (Å²) in [5, 5.41) is 12.9. The van der Waals surface area contributed by atoms with Crippen molar-refractivity contribution in [3.63, 3.8) is 0 Å². The van der Waals surface area contributed by atoms with Crippen molar-refractivity contribution in [1.82, 2.24) is 0 Å². The highest BCUT2D eigenvalue weighted by atomic mass is 32.1. The summed E-state index contributed by atoms with van der Waals surface area (Å²) in [6.45, 7) is 0. The molecule has 1 aromatic heterocycles. The van der Waals surface area contributed by atoms with Crippen LogP contribution in [-0.2, 0) is 0 Å². The molecule has 0 aliphatic rings. The van der Waals surface area contributed by atoms with Crippen molar-refractivity contribution in [3.8, 4) is 44.5 Å². The lowest BCUT2D eigenvalue weighted by molar-refractivity contribution is 1.59. The standard InChI is InChI=1S/C52H32S/c1-2-14-37-32-38(29-24-33(37)12-1)40-16-6-5-15-39(40)35-25-27-36(28-26-35)49-42-18-7-9-20-44(42)50(45-21-10-8-19-43(45)49)46-22-11-23-47-51-41-17-4-3-13-34(41)30-31-48(51)53-52(46)47/h1-32H. The maximum Gasteiger partial charge on any atom is 0.0434 e. The summed E-state index contributed by atoms with van der Waals surface area (Å²) < 4.78 is 2.68. The molecule has 0 N–H and O–H groups in total. The molecule has 0 saturated carbocycles. The van der Waals surface area contributed by atoms with E-state index < -0.39 is 0 Å². The van der Waals surface area contributed by atoms with Gasteiger partial charge < -0.3 is 0 Å². The third-order valence-electron chi connectivity index (χ3n) is 11.1. The average Bonchev–Trinajstić information content (AvgIpc) is 3.63. The Bertz CT molecular complexity index is 3160. The first kappa shape index (κ1) is 30.1. The van der Waals surface area contributed by atoms with Gasteiger partial charge in [-0.1, -0.05) is 182 Å². The third-order valence-corrected chi connectivity index (χ3v) is 12.3. The molecule has 11 rings (SSSR count). The van der Waals surface area contributed by atoms with E-state index in [0.717, 1.165) is 0 Å². The molecule has 1 heteroatoms. The predicted octanol–water partition coefficient (Wildman–Crippen LogP) is 15.3. The second-order valence-electron chi connectivity index (χ2n) is 14.0. The predicted molar refractivity (Wildman–Crippen MR) is 231 cm³/mol. The molecule has 1 heterocycles. The largest absolute Gasteiger partial charge is 0.135 e. The van der Waals surface area contributed by atoms with E-state index in [-0.39, 0.29) is 0 Å². The molecule has 10 aromatic carbocycles. The fourth-order valence-electron chi connectivity index (χ4n) is 8.65. The molecule has 0 saturated heterocycles. The number of fused-ring (bicyclic) bond motifs is 8. The first-order valence-corrected chi connectivity index (χ1v) is 19.1. The molecule has 11 aromatic rings. The maximum atomic E-state index is 2.33. The van der Waals surface area contributed by atoms with Gasteiger partial charge in [0.25, 0.3) is 0 Å². The summed E-state index contributed by atoms with van der Waals surface area (Å²) in [6, 6.07) is 71.6. The lowest BCUT2D eigenvalue weighted by atomic mass is 9.85. The van der Waals surface area contributed by atoms with E-state index in [4.69, 9.17) is 0 Å². The topological polar surface area (TPSA) is 0 Å². The molecule has 0 nitrogen and oxygen atoms in total. The molecular formula is C52H32S. The molecule has 0 aliphatic carbocycles. The van der Waals surface area contributed by atoms with E-state index in [0.29, 0.717) is 0 Å². The van der Waals surface area contributed by atoms with Crippen LogP contribution in [0.3, 0.4) is 0 Å². The van der Waals surface area contributed by atoms with E-state index in [9.17, 15) is 0 Å². The summed E-state index contributed by atoms with van der Waals surface area (Å²) >= 11 is 1.92. The quantitative estimate of drug-likeness (QED) is 0.162. The molecule has 0 fully saturated rings. The molecule has 0 unspecified atom stereocenters. The van der Waals surface area contributed by atoms with E-state index in [2.05, 4.69) is 194 Å². The summed E-state index contributed by atoms with van der Waals surface area (Å²) in [5.74, 6) is 0. The van der Waals surface area contributed by atoms with Crippen molar-refractivity contribution in [3.05, 3.63) is 194 Å². The van der Waals surface area contributed by atoms with Crippen LogP contribution >= 0.6 is 11.3 Å². The van der Waals surface area contributed by atoms with Crippen molar-refractivity contribution in [2.75, 3.05) is 0 Å². The van der Waals surface area contributed by atoms with Crippen molar-refractivity contribution in [2.45, 2.75) is 0 Å². The normalized spacial score (nSPS) is 11.8. The number of hydrogen-bond donors (Lipinski definition) is 0. The molecule has 0 amide bonds. The van der Waals surface area contributed by atoms with Crippen molar-refractivity contribution >= 4 is 74.6 Å². The Kier molecular flexibility index (Phi) is 6.83. The Labute approximate surface area is 311 Å². The second-order valence-corrected chi connectivity index (χ2v) is 15.0. The highest BCUT2D eigenvalue weighted by Gasteiger charge is 2.20. The zero-order valence-electron chi connectivity index (χ0n) is 28.9. The smallest absolute Gasteiger partial charge is 0.0434 e. The van der Waals surface area contributed by atoms with Gasteiger partial charge in [-0.2, -0.15) is 0 Å². The molecule has 246 valence electrons. The van der Waals surface area contributed by atoms with Gasteiger partial charge in [-0.15, -0.1) is 11.3 Å². The molecule has 0 radical (unpaired) electrons. The number of hydrogen-bond acceptors (Lipinski definition) is 1. The third kappa shape index (κ3) is 4.75. The van der Waals surface area contributed by atoms with Crippen molar-refractivity contribution in [1.29, 1.82) is 0 Å². The minimum Gasteiger partial charge on any atom is -0.135 e. The minimum absolute atomic E-state index is 1.21. The Morgan fingerprint density at radius 2 is 0.774 bits per heavy atom. The van der Waals surface area contributed by atoms with Gasteiger partial charge in [0.2, 0.25) is 0 Å². The Morgan fingerprint density at radius 3 is 1.49 bits per heavy atom. The summed E-state index contributed by atoms with van der Waals surface area (Å²) in [6.07, 6.45) is 0. The molecule has 53 heavy (non-hydrogen) atoms. The minimum atomic E-state index is 1.21. The molecule has 0 atom stereocenters. The summed E-state index contributed by atoms with van der Waals surface area (Å²) in [4.78, 5) is 0. The number of rotatable bonds is 4. The van der Waals surface area contributed by atoms with Crippen LogP contribution in [0.5, 0.6) is 0 Å². The van der Waals surface area contributed by atoms with E-state index in [1.165, 1.54) is 108 Å². The van der Waals surface area contributed by atoms with Gasteiger partial charge in [-0.25, -0.2) is 0 Å². The Balaban J connectivity index is 1.10. The summed E-state index contributed by atoms with van der Waals surface area (Å²) in [7, 11) is 0. The van der Waals surface area contributed by atoms with Gasteiger partial charge in [0, 0.05) is 25.7 Å². The SMILES string of the molecule is c1ccc(-c2ccc3ccccc3c2)c(-c2ccc(-c3c4ccccc4c(-c4cccc5c4sc4ccc6ccccc6c45)c4ccccc34)cc2)c1. The first-order valence-electron chi connectivity index (χ1n) is 18.3. The van der Waals surface area contributed by atoms with E-state index >= 15 is 0 Å². The van der Waals surface area contributed by atoms with Crippen LogP contribution in [-0.4, -0.2) is 0 Å². The van der Waals surface area contributed by atoms with Crippen molar-refractivity contribution < 1.29 is 0 Å². The van der Waals surface area contributed by atoms with Crippen LogP contribution in [0.1, 0.15) is 0 Å². The zero-order valence-corrected chi connectivity index (χ0v) is 29.7. The average molecular weight is 689 g/mol. The molecule has 0 spiro atoms. The van der Waals surface area contributed by atoms with Gasteiger partial charge in [-0.05, 0) is 94.2 Å². The van der Waals surface area contributed by atoms with Gasteiger partial charge in [-0.3, -0.25) is 0 Å². The van der Waals surface area contributed by atoms with Crippen LogP contribution in [0, 0.1) is 0 Å². The van der Waals surface area contributed by atoms with Gasteiger partial charge >= 0.3 is 0 Å². The van der Waals surface area contributed by atoms with Gasteiger partial charge in [0.15, 0.2) is 0 Å². The maximum absolute atomic E-state index is 2.33. The highest BCUT2D eigenvalue weighted by Crippen LogP contribution is 2.49. The lowest BCUT2D eigenvalue weighted by Gasteiger charge is -2.18. The molecule has 0 aliphatic heterocycles. The van der Waals surface area contributed by atoms with Crippen LogP contribution in [0.15, 0.2) is 194 Å². The van der Waals surface area contributed by atoms with Crippen molar-refractivity contribution in [2.24, 2.45) is 0 Å². The summed E-state index contributed by atoms with van der Waals surface area (Å²) in [5.41, 5.74) is 10.0. The number of benzene rings is 10. The molecular weight excluding hydrogens is 657 g/mol. The second kappa shape index (κ2) is 12.0.